The van der Waals surface area contributed by atoms with Crippen LogP contribution in [0.5, 0.6) is 0 Å². The lowest BCUT2D eigenvalue weighted by molar-refractivity contribution is -0.174. The Labute approximate surface area is 122 Å². The van der Waals surface area contributed by atoms with Crippen LogP contribution in [0.3, 0.4) is 0 Å². The first-order chi connectivity index (χ1) is 9.58. The monoisotopic (exact) mass is 288 g/mol. The minimum absolute atomic E-state index is 0.250. The smallest absolute Gasteiger partial charge is 0.323 e. The fourth-order valence-corrected chi connectivity index (χ4v) is 2.07. The number of rotatable bonds is 11. The molecule has 118 valence electrons. The van der Waals surface area contributed by atoms with E-state index in [1.165, 1.54) is 0 Å². The molecule has 0 unspecified atom stereocenters. The first-order valence-corrected chi connectivity index (χ1v) is 7.51. The molecule has 5 heteroatoms. The fraction of sp³-hybridized carbons (Fsp3) is 0.867. The van der Waals surface area contributed by atoms with E-state index >= 15 is 0 Å². The summed E-state index contributed by atoms with van der Waals surface area (Å²) in [5.74, 6) is -0.999. The summed E-state index contributed by atoms with van der Waals surface area (Å²) < 4.78 is 15.6. The van der Waals surface area contributed by atoms with E-state index in [9.17, 15) is 9.59 Å². The lowest BCUT2D eigenvalue weighted by atomic mass is 9.80. The van der Waals surface area contributed by atoms with Crippen molar-refractivity contribution in [1.82, 2.24) is 0 Å². The number of hydrogen-bond acceptors (Lipinski definition) is 5. The van der Waals surface area contributed by atoms with Gasteiger partial charge in [-0.25, -0.2) is 0 Å². The van der Waals surface area contributed by atoms with Crippen molar-refractivity contribution in [2.45, 2.75) is 53.4 Å². The van der Waals surface area contributed by atoms with Gasteiger partial charge in [0.1, 0.15) is 0 Å². The Balaban J connectivity index is 5.00. The van der Waals surface area contributed by atoms with Gasteiger partial charge in [-0.2, -0.15) is 0 Å². The van der Waals surface area contributed by atoms with Crippen molar-refractivity contribution in [3.8, 4) is 0 Å². The molecule has 5 nitrogen and oxygen atoms in total. The SMILES string of the molecule is CCCOCCC(CCC)(C(=O)OCC)C(=O)OCC. The zero-order valence-electron chi connectivity index (χ0n) is 13.2. The van der Waals surface area contributed by atoms with Gasteiger partial charge in [-0.05, 0) is 33.1 Å². The van der Waals surface area contributed by atoms with Crippen molar-refractivity contribution in [3.63, 3.8) is 0 Å². The highest BCUT2D eigenvalue weighted by atomic mass is 16.6. The highest BCUT2D eigenvalue weighted by Gasteiger charge is 2.47. The summed E-state index contributed by atoms with van der Waals surface area (Å²) >= 11 is 0. The molecule has 0 aromatic heterocycles. The first kappa shape index (κ1) is 18.9. The van der Waals surface area contributed by atoms with E-state index in [0.29, 0.717) is 32.5 Å². The molecule has 0 aromatic rings. The minimum atomic E-state index is -1.23. The topological polar surface area (TPSA) is 61.8 Å². The van der Waals surface area contributed by atoms with Gasteiger partial charge in [0, 0.05) is 13.2 Å². The average molecular weight is 288 g/mol. The van der Waals surface area contributed by atoms with E-state index in [-0.39, 0.29) is 13.2 Å². The van der Waals surface area contributed by atoms with Crippen LogP contribution >= 0.6 is 0 Å². The molecule has 0 N–H and O–H groups in total. The molecule has 0 heterocycles. The van der Waals surface area contributed by atoms with Crippen LogP contribution in [0.1, 0.15) is 53.4 Å². The maximum atomic E-state index is 12.3. The molecule has 0 amide bonds. The Kier molecular flexibility index (Phi) is 10.1. The lowest BCUT2D eigenvalue weighted by Gasteiger charge is -2.28. The van der Waals surface area contributed by atoms with Gasteiger partial charge in [0.05, 0.1) is 13.2 Å². The van der Waals surface area contributed by atoms with Crippen LogP contribution in [0.4, 0.5) is 0 Å². The van der Waals surface area contributed by atoms with E-state index in [2.05, 4.69) is 0 Å². The third-order valence-electron chi connectivity index (χ3n) is 3.03. The summed E-state index contributed by atoms with van der Waals surface area (Å²) in [6.07, 6.45) is 2.32. The predicted octanol–water partition coefficient (Wildman–Crippen LogP) is 2.72. The Hall–Kier alpha value is -1.10. The van der Waals surface area contributed by atoms with E-state index in [1.807, 2.05) is 13.8 Å². The molecule has 0 aromatic carbocycles. The zero-order chi connectivity index (χ0) is 15.4. The first-order valence-electron chi connectivity index (χ1n) is 7.51. The molecule has 0 saturated heterocycles. The zero-order valence-corrected chi connectivity index (χ0v) is 13.2. The molecule has 0 saturated carbocycles. The largest absolute Gasteiger partial charge is 0.465 e. The molecule has 0 atom stereocenters. The van der Waals surface area contributed by atoms with Crippen molar-refractivity contribution in [3.05, 3.63) is 0 Å². The van der Waals surface area contributed by atoms with Crippen LogP contribution in [-0.4, -0.2) is 38.4 Å². The lowest BCUT2D eigenvalue weighted by Crippen LogP contribution is -2.43. The second-order valence-electron chi connectivity index (χ2n) is 4.64. The molecular weight excluding hydrogens is 260 g/mol. The quantitative estimate of drug-likeness (QED) is 0.332. The van der Waals surface area contributed by atoms with Crippen molar-refractivity contribution >= 4 is 11.9 Å². The van der Waals surface area contributed by atoms with Gasteiger partial charge in [-0.15, -0.1) is 0 Å². The summed E-state index contributed by atoms with van der Waals surface area (Å²) in [4.78, 5) is 24.5. The van der Waals surface area contributed by atoms with Crippen molar-refractivity contribution in [2.24, 2.45) is 5.41 Å². The van der Waals surface area contributed by atoms with Crippen molar-refractivity contribution in [1.29, 1.82) is 0 Å². The Morgan fingerprint density at radius 3 is 1.75 bits per heavy atom. The number of ether oxygens (including phenoxy) is 3. The Bertz CT molecular complexity index is 270. The molecule has 0 rings (SSSR count). The Morgan fingerprint density at radius 1 is 0.800 bits per heavy atom. The van der Waals surface area contributed by atoms with Gasteiger partial charge in [-0.1, -0.05) is 20.3 Å². The highest BCUT2D eigenvalue weighted by molar-refractivity contribution is 6.00. The maximum Gasteiger partial charge on any atom is 0.323 e. The normalized spacial score (nSPS) is 11.2. The number of carbonyl (C=O) groups excluding carboxylic acids is 2. The third-order valence-corrected chi connectivity index (χ3v) is 3.03. The Morgan fingerprint density at radius 2 is 1.35 bits per heavy atom. The van der Waals surface area contributed by atoms with Gasteiger partial charge >= 0.3 is 11.9 Å². The molecule has 0 radical (unpaired) electrons. The predicted molar refractivity (Wildman–Crippen MR) is 76.3 cm³/mol. The molecule has 20 heavy (non-hydrogen) atoms. The van der Waals surface area contributed by atoms with Crippen LogP contribution < -0.4 is 0 Å². The number of esters is 2. The second-order valence-corrected chi connectivity index (χ2v) is 4.64. The van der Waals surface area contributed by atoms with E-state index in [0.717, 1.165) is 6.42 Å². The summed E-state index contributed by atoms with van der Waals surface area (Å²) in [7, 11) is 0. The van der Waals surface area contributed by atoms with Crippen molar-refractivity contribution < 1.29 is 23.8 Å². The molecule has 0 aliphatic heterocycles. The standard InChI is InChI=1S/C15H28O5/c1-5-9-15(13(16)19-7-3,14(17)20-8-4)10-12-18-11-6-2/h5-12H2,1-4H3. The van der Waals surface area contributed by atoms with Gasteiger partial charge < -0.3 is 14.2 Å². The summed E-state index contributed by atoms with van der Waals surface area (Å²) in [6, 6.07) is 0. The van der Waals surface area contributed by atoms with E-state index in [4.69, 9.17) is 14.2 Å². The average Bonchev–Trinajstić information content (AvgIpc) is 2.42. The van der Waals surface area contributed by atoms with Crippen molar-refractivity contribution in [2.75, 3.05) is 26.4 Å². The number of carbonyl (C=O) groups is 2. The molecule has 0 aliphatic rings. The van der Waals surface area contributed by atoms with Gasteiger partial charge in [0.2, 0.25) is 0 Å². The molecule has 0 fully saturated rings. The van der Waals surface area contributed by atoms with Gasteiger partial charge in [0.25, 0.3) is 0 Å². The maximum absolute atomic E-state index is 12.3. The van der Waals surface area contributed by atoms with Crippen LogP contribution in [0.25, 0.3) is 0 Å². The molecule has 0 bridgehead atoms. The molecule has 0 aliphatic carbocycles. The third kappa shape index (κ3) is 5.49. The molecular formula is C15H28O5. The van der Waals surface area contributed by atoms with Gasteiger partial charge in [0.15, 0.2) is 5.41 Å². The van der Waals surface area contributed by atoms with Crippen LogP contribution in [-0.2, 0) is 23.8 Å². The summed E-state index contributed by atoms with van der Waals surface area (Å²) in [6.45, 7) is 8.87. The number of hydrogen-bond donors (Lipinski definition) is 0. The summed E-state index contributed by atoms with van der Waals surface area (Å²) in [5, 5.41) is 0. The van der Waals surface area contributed by atoms with E-state index < -0.39 is 17.4 Å². The van der Waals surface area contributed by atoms with Crippen LogP contribution in [0, 0.1) is 5.41 Å². The second kappa shape index (κ2) is 10.7. The highest BCUT2D eigenvalue weighted by Crippen LogP contribution is 2.32. The minimum Gasteiger partial charge on any atom is -0.465 e. The van der Waals surface area contributed by atoms with E-state index in [1.54, 1.807) is 13.8 Å². The van der Waals surface area contributed by atoms with Gasteiger partial charge in [-0.3, -0.25) is 9.59 Å². The van der Waals surface area contributed by atoms with Crippen LogP contribution in [0.2, 0.25) is 0 Å². The van der Waals surface area contributed by atoms with Crippen LogP contribution in [0.15, 0.2) is 0 Å². The fourth-order valence-electron chi connectivity index (χ4n) is 2.07. The molecule has 0 spiro atoms. The summed E-state index contributed by atoms with van der Waals surface area (Å²) in [5.41, 5.74) is -1.23.